The van der Waals surface area contributed by atoms with Crippen LogP contribution in [0.5, 0.6) is 0 Å². The Morgan fingerprint density at radius 3 is 2.93 bits per heavy atom. The van der Waals surface area contributed by atoms with Crippen molar-refractivity contribution in [3.63, 3.8) is 0 Å². The third-order valence-electron chi connectivity index (χ3n) is 3.71. The first-order valence-electron chi connectivity index (χ1n) is 5.50. The van der Waals surface area contributed by atoms with E-state index in [0.717, 1.165) is 12.5 Å². The molecule has 1 saturated heterocycles. The number of hydrogen-bond donors (Lipinski definition) is 0. The lowest BCUT2D eigenvalue weighted by Crippen LogP contribution is -2.23. The summed E-state index contributed by atoms with van der Waals surface area (Å²) in [4.78, 5) is 0. The van der Waals surface area contributed by atoms with Crippen LogP contribution in [0.4, 0.5) is 0 Å². The molecule has 3 rings (SSSR count). The number of rotatable bonds is 1. The maximum atomic E-state index is 5.98. The molecule has 1 heterocycles. The molecule has 2 bridgehead atoms. The molecule has 1 saturated carbocycles. The van der Waals surface area contributed by atoms with Crippen LogP contribution in [0.1, 0.15) is 30.4 Å². The molecule has 2 atom stereocenters. The van der Waals surface area contributed by atoms with E-state index in [0.29, 0.717) is 0 Å². The first-order valence-corrected chi connectivity index (χ1v) is 5.50. The third-order valence-corrected chi connectivity index (χ3v) is 3.71. The fourth-order valence-electron chi connectivity index (χ4n) is 2.93. The quantitative estimate of drug-likeness (QED) is 0.658. The van der Waals surface area contributed by atoms with E-state index in [4.69, 9.17) is 4.74 Å². The summed E-state index contributed by atoms with van der Waals surface area (Å²) < 4.78 is 5.98. The van der Waals surface area contributed by atoms with E-state index in [2.05, 4.69) is 31.2 Å². The highest BCUT2D eigenvalue weighted by atomic mass is 16.5. The second kappa shape index (κ2) is 2.83. The summed E-state index contributed by atoms with van der Waals surface area (Å²) in [5.74, 6) is 0.829. The molecule has 0 amide bonds. The Morgan fingerprint density at radius 1 is 1.43 bits per heavy atom. The van der Waals surface area contributed by atoms with Gasteiger partial charge in [0.05, 0.1) is 12.2 Å². The van der Waals surface area contributed by atoms with Crippen molar-refractivity contribution in [2.45, 2.75) is 31.8 Å². The Labute approximate surface area is 85.1 Å². The summed E-state index contributed by atoms with van der Waals surface area (Å²) in [6.45, 7) is 3.13. The summed E-state index contributed by atoms with van der Waals surface area (Å²) in [6.07, 6.45) is 3.82. The van der Waals surface area contributed by atoms with Gasteiger partial charge in [-0.2, -0.15) is 0 Å². The zero-order chi connectivity index (χ0) is 9.60. The van der Waals surface area contributed by atoms with Crippen LogP contribution >= 0.6 is 0 Å². The van der Waals surface area contributed by atoms with Gasteiger partial charge in [-0.3, -0.25) is 0 Å². The molecular weight excluding hydrogens is 172 g/mol. The molecule has 1 nitrogen and oxygen atoms in total. The number of ether oxygens (including phenoxy) is 1. The van der Waals surface area contributed by atoms with E-state index < -0.39 is 0 Å². The van der Waals surface area contributed by atoms with Crippen molar-refractivity contribution >= 4 is 0 Å². The molecule has 0 aromatic heterocycles. The molecule has 1 heteroatoms. The van der Waals surface area contributed by atoms with Gasteiger partial charge in [0.2, 0.25) is 0 Å². The van der Waals surface area contributed by atoms with Gasteiger partial charge in [-0.15, -0.1) is 0 Å². The van der Waals surface area contributed by atoms with Crippen LogP contribution in [0.3, 0.4) is 0 Å². The zero-order valence-corrected chi connectivity index (χ0v) is 8.62. The first-order chi connectivity index (χ1) is 6.78. The second-order valence-electron chi connectivity index (χ2n) is 4.78. The largest absolute Gasteiger partial charge is 0.370 e. The van der Waals surface area contributed by atoms with Gasteiger partial charge in [-0.25, -0.2) is 0 Å². The fraction of sp³-hybridized carbons (Fsp3) is 0.538. The van der Waals surface area contributed by atoms with E-state index in [9.17, 15) is 0 Å². The predicted octanol–water partition coefficient (Wildman–Crippen LogP) is 3.02. The van der Waals surface area contributed by atoms with E-state index in [-0.39, 0.29) is 5.60 Å². The second-order valence-corrected chi connectivity index (χ2v) is 4.78. The lowest BCUT2D eigenvalue weighted by Gasteiger charge is -2.27. The Balaban J connectivity index is 2.02. The minimum absolute atomic E-state index is 0.0939. The van der Waals surface area contributed by atoms with Crippen LogP contribution < -0.4 is 0 Å². The smallest absolute Gasteiger partial charge is 0.0935 e. The predicted molar refractivity (Wildman–Crippen MR) is 56.2 cm³/mol. The monoisotopic (exact) mass is 188 g/mol. The van der Waals surface area contributed by atoms with Crippen LogP contribution in [0.2, 0.25) is 0 Å². The molecule has 0 spiro atoms. The van der Waals surface area contributed by atoms with Gasteiger partial charge in [0, 0.05) is 0 Å². The highest BCUT2D eigenvalue weighted by molar-refractivity contribution is 5.29. The van der Waals surface area contributed by atoms with Crippen molar-refractivity contribution in [3.8, 4) is 0 Å². The average Bonchev–Trinajstić information content (AvgIpc) is 2.78. The molecule has 74 valence electrons. The SMILES string of the molecule is Cc1cccc(C23CCC(CO2)C3)c1. The van der Waals surface area contributed by atoms with E-state index in [1.165, 1.54) is 30.4 Å². The lowest BCUT2D eigenvalue weighted by atomic mass is 9.91. The molecule has 14 heavy (non-hydrogen) atoms. The first kappa shape index (κ1) is 8.49. The Hall–Kier alpha value is -0.820. The van der Waals surface area contributed by atoms with E-state index in [1.54, 1.807) is 0 Å². The molecule has 2 aliphatic rings. The Kier molecular flexibility index (Phi) is 1.72. The minimum atomic E-state index is 0.0939. The van der Waals surface area contributed by atoms with Crippen molar-refractivity contribution in [1.82, 2.24) is 0 Å². The number of hydrogen-bond acceptors (Lipinski definition) is 1. The fourth-order valence-corrected chi connectivity index (χ4v) is 2.93. The van der Waals surface area contributed by atoms with Crippen LogP contribution in [-0.4, -0.2) is 6.61 Å². The summed E-state index contributed by atoms with van der Waals surface area (Å²) in [5.41, 5.74) is 2.84. The summed E-state index contributed by atoms with van der Waals surface area (Å²) >= 11 is 0. The van der Waals surface area contributed by atoms with Gasteiger partial charge >= 0.3 is 0 Å². The van der Waals surface area contributed by atoms with E-state index in [1.807, 2.05) is 0 Å². The van der Waals surface area contributed by atoms with Crippen LogP contribution in [0, 0.1) is 12.8 Å². The van der Waals surface area contributed by atoms with Gasteiger partial charge < -0.3 is 4.74 Å². The number of benzene rings is 1. The maximum Gasteiger partial charge on any atom is 0.0935 e. The molecule has 0 N–H and O–H groups in total. The maximum absolute atomic E-state index is 5.98. The molecule has 1 aliphatic carbocycles. The molecule has 2 fully saturated rings. The van der Waals surface area contributed by atoms with Gasteiger partial charge in [0.15, 0.2) is 0 Å². The third kappa shape index (κ3) is 1.12. The van der Waals surface area contributed by atoms with Crippen molar-refractivity contribution in [1.29, 1.82) is 0 Å². The van der Waals surface area contributed by atoms with Crippen molar-refractivity contribution in [2.24, 2.45) is 5.92 Å². The van der Waals surface area contributed by atoms with Crippen LogP contribution in [-0.2, 0) is 10.3 Å². The Bertz CT molecular complexity index is 348. The van der Waals surface area contributed by atoms with Crippen molar-refractivity contribution in [3.05, 3.63) is 35.4 Å². The normalized spacial score (nSPS) is 35.1. The summed E-state index contributed by atoms with van der Waals surface area (Å²) in [6, 6.07) is 8.81. The average molecular weight is 188 g/mol. The highest BCUT2D eigenvalue weighted by Crippen LogP contribution is 2.50. The van der Waals surface area contributed by atoms with Crippen LogP contribution in [0.25, 0.3) is 0 Å². The lowest BCUT2D eigenvalue weighted by molar-refractivity contribution is -0.0209. The molecule has 1 aromatic carbocycles. The van der Waals surface area contributed by atoms with Crippen molar-refractivity contribution in [2.75, 3.05) is 6.61 Å². The number of aryl methyl sites for hydroxylation is 1. The zero-order valence-electron chi connectivity index (χ0n) is 8.62. The van der Waals surface area contributed by atoms with Gasteiger partial charge in [0.1, 0.15) is 0 Å². The number of fused-ring (bicyclic) bond motifs is 2. The van der Waals surface area contributed by atoms with Gasteiger partial charge in [-0.05, 0) is 37.7 Å². The molecule has 2 unspecified atom stereocenters. The molecule has 1 aromatic rings. The molecular formula is C13H16O. The van der Waals surface area contributed by atoms with Gasteiger partial charge in [0.25, 0.3) is 0 Å². The summed E-state index contributed by atoms with van der Waals surface area (Å²) in [7, 11) is 0. The Morgan fingerprint density at radius 2 is 2.36 bits per heavy atom. The van der Waals surface area contributed by atoms with Crippen molar-refractivity contribution < 1.29 is 4.74 Å². The van der Waals surface area contributed by atoms with E-state index >= 15 is 0 Å². The topological polar surface area (TPSA) is 9.23 Å². The standard InChI is InChI=1S/C13H16O/c1-10-3-2-4-12(7-10)13-6-5-11(8-13)9-14-13/h2-4,7,11H,5-6,8-9H2,1H3. The molecule has 0 radical (unpaired) electrons. The highest BCUT2D eigenvalue weighted by Gasteiger charge is 2.47. The van der Waals surface area contributed by atoms with Gasteiger partial charge in [-0.1, -0.05) is 29.8 Å². The summed E-state index contributed by atoms with van der Waals surface area (Å²) in [5, 5.41) is 0. The molecule has 1 aliphatic heterocycles. The van der Waals surface area contributed by atoms with Crippen LogP contribution in [0.15, 0.2) is 24.3 Å². The minimum Gasteiger partial charge on any atom is -0.370 e.